The minimum absolute atomic E-state index is 0.674. The van der Waals surface area contributed by atoms with Gasteiger partial charge in [-0.15, -0.1) is 0 Å². The maximum Gasteiger partial charge on any atom is 0.256 e. The van der Waals surface area contributed by atoms with Crippen molar-refractivity contribution in [2.24, 2.45) is 0 Å². The Morgan fingerprint density at radius 2 is 2.31 bits per heavy atom. The van der Waals surface area contributed by atoms with E-state index in [-0.39, 0.29) is 0 Å². The predicted octanol–water partition coefficient (Wildman–Crippen LogP) is 3.62. The van der Waals surface area contributed by atoms with E-state index in [1.165, 1.54) is 11.8 Å². The van der Waals surface area contributed by atoms with Gasteiger partial charge >= 0.3 is 0 Å². The van der Waals surface area contributed by atoms with Crippen molar-refractivity contribution < 1.29 is 4.42 Å². The summed E-state index contributed by atoms with van der Waals surface area (Å²) < 4.78 is 6.28. The number of aromatic nitrogens is 1. The SMILES string of the molecule is Cc1coc(SCc2c(N)cccc2Br)n1. The van der Waals surface area contributed by atoms with Crippen LogP contribution in [0.3, 0.4) is 0 Å². The number of halogens is 1. The molecule has 0 saturated heterocycles. The minimum Gasteiger partial charge on any atom is -0.440 e. The Hall–Kier alpha value is -0.940. The van der Waals surface area contributed by atoms with Crippen molar-refractivity contribution in [1.29, 1.82) is 0 Å². The van der Waals surface area contributed by atoms with Crippen molar-refractivity contribution in [3.63, 3.8) is 0 Å². The van der Waals surface area contributed by atoms with Crippen molar-refractivity contribution in [2.75, 3.05) is 5.73 Å². The first-order chi connectivity index (χ1) is 7.66. The highest BCUT2D eigenvalue weighted by molar-refractivity contribution is 9.10. The molecule has 0 aliphatic heterocycles. The molecule has 0 atom stereocenters. The third-order valence-electron chi connectivity index (χ3n) is 2.09. The maximum absolute atomic E-state index is 5.90. The molecule has 0 unspecified atom stereocenters. The molecule has 16 heavy (non-hydrogen) atoms. The fraction of sp³-hybridized carbons (Fsp3) is 0.182. The number of hydrogen-bond acceptors (Lipinski definition) is 4. The van der Waals surface area contributed by atoms with E-state index in [1.54, 1.807) is 6.26 Å². The van der Waals surface area contributed by atoms with Gasteiger partial charge in [0.2, 0.25) is 0 Å². The van der Waals surface area contributed by atoms with Gasteiger partial charge in [0.25, 0.3) is 5.22 Å². The van der Waals surface area contributed by atoms with Gasteiger partial charge in [0.15, 0.2) is 0 Å². The van der Waals surface area contributed by atoms with Crippen molar-refractivity contribution in [3.8, 4) is 0 Å². The fourth-order valence-electron chi connectivity index (χ4n) is 1.26. The number of nitrogens with two attached hydrogens (primary N) is 1. The van der Waals surface area contributed by atoms with E-state index in [4.69, 9.17) is 10.2 Å². The Morgan fingerprint density at radius 1 is 1.50 bits per heavy atom. The lowest BCUT2D eigenvalue weighted by Crippen LogP contribution is -1.93. The highest BCUT2D eigenvalue weighted by Gasteiger charge is 2.07. The second kappa shape index (κ2) is 4.93. The van der Waals surface area contributed by atoms with Crippen LogP contribution in [0, 0.1) is 6.92 Å². The highest BCUT2D eigenvalue weighted by atomic mass is 79.9. The summed E-state index contributed by atoms with van der Waals surface area (Å²) in [6, 6.07) is 5.79. The van der Waals surface area contributed by atoms with E-state index in [1.807, 2.05) is 25.1 Å². The molecule has 0 aliphatic carbocycles. The Balaban J connectivity index is 2.10. The lowest BCUT2D eigenvalue weighted by molar-refractivity contribution is 0.454. The second-order valence-electron chi connectivity index (χ2n) is 3.35. The molecular weight excluding hydrogens is 288 g/mol. The monoisotopic (exact) mass is 298 g/mol. The molecule has 0 bridgehead atoms. The molecule has 0 saturated carbocycles. The number of nitrogen functional groups attached to an aromatic ring is 1. The van der Waals surface area contributed by atoms with E-state index in [0.29, 0.717) is 5.22 Å². The van der Waals surface area contributed by atoms with Crippen LogP contribution in [-0.4, -0.2) is 4.98 Å². The molecule has 5 heteroatoms. The molecule has 0 aliphatic rings. The molecule has 1 heterocycles. The molecule has 3 nitrogen and oxygen atoms in total. The number of rotatable bonds is 3. The van der Waals surface area contributed by atoms with Gasteiger partial charge in [-0.3, -0.25) is 0 Å². The standard InChI is InChI=1S/C11H11BrN2OS/c1-7-5-15-11(14-7)16-6-8-9(12)3-2-4-10(8)13/h2-5H,6,13H2,1H3. The van der Waals surface area contributed by atoms with Crippen molar-refractivity contribution >= 4 is 33.4 Å². The van der Waals surface area contributed by atoms with E-state index in [9.17, 15) is 0 Å². The number of hydrogen-bond donors (Lipinski definition) is 1. The van der Waals surface area contributed by atoms with Gasteiger partial charge in [0, 0.05) is 15.9 Å². The normalized spacial score (nSPS) is 10.6. The molecule has 0 spiro atoms. The number of anilines is 1. The third kappa shape index (κ3) is 2.59. The lowest BCUT2D eigenvalue weighted by atomic mass is 10.2. The summed E-state index contributed by atoms with van der Waals surface area (Å²) in [7, 11) is 0. The van der Waals surface area contributed by atoms with Crippen molar-refractivity contribution in [2.45, 2.75) is 17.9 Å². The van der Waals surface area contributed by atoms with Gasteiger partial charge in [-0.05, 0) is 24.6 Å². The van der Waals surface area contributed by atoms with Crippen LogP contribution < -0.4 is 5.73 Å². The third-order valence-corrected chi connectivity index (χ3v) is 3.70. The van der Waals surface area contributed by atoms with Crippen LogP contribution in [0.1, 0.15) is 11.3 Å². The summed E-state index contributed by atoms with van der Waals surface area (Å²) in [5, 5.41) is 0.674. The molecule has 2 aromatic rings. The highest BCUT2D eigenvalue weighted by Crippen LogP contribution is 2.29. The molecular formula is C11H11BrN2OS. The molecule has 0 amide bonds. The van der Waals surface area contributed by atoms with Crippen LogP contribution in [0.25, 0.3) is 0 Å². The summed E-state index contributed by atoms with van der Waals surface area (Å²) >= 11 is 5.02. The van der Waals surface area contributed by atoms with E-state index < -0.39 is 0 Å². The number of oxazole rings is 1. The fourth-order valence-corrected chi connectivity index (χ4v) is 2.88. The topological polar surface area (TPSA) is 52.0 Å². The van der Waals surface area contributed by atoms with E-state index in [2.05, 4.69) is 20.9 Å². The van der Waals surface area contributed by atoms with E-state index in [0.717, 1.165) is 27.2 Å². The number of nitrogens with zero attached hydrogens (tertiary/aromatic N) is 1. The number of thioether (sulfide) groups is 1. The van der Waals surface area contributed by atoms with Crippen molar-refractivity contribution in [1.82, 2.24) is 4.98 Å². The average molecular weight is 299 g/mol. The largest absolute Gasteiger partial charge is 0.440 e. The maximum atomic E-state index is 5.90. The second-order valence-corrected chi connectivity index (χ2v) is 5.13. The van der Waals surface area contributed by atoms with Gasteiger partial charge < -0.3 is 10.2 Å². The zero-order valence-electron chi connectivity index (χ0n) is 8.74. The number of benzene rings is 1. The Morgan fingerprint density at radius 3 is 2.94 bits per heavy atom. The predicted molar refractivity (Wildman–Crippen MR) is 69.4 cm³/mol. The quantitative estimate of drug-likeness (QED) is 0.694. The number of aryl methyl sites for hydroxylation is 1. The van der Waals surface area contributed by atoms with Gasteiger partial charge in [-0.25, -0.2) is 4.98 Å². The molecule has 2 rings (SSSR count). The zero-order valence-corrected chi connectivity index (χ0v) is 11.1. The van der Waals surface area contributed by atoms with Gasteiger partial charge in [0.05, 0.1) is 5.69 Å². The average Bonchev–Trinajstić information content (AvgIpc) is 2.63. The first-order valence-corrected chi connectivity index (χ1v) is 6.52. The molecule has 84 valence electrons. The van der Waals surface area contributed by atoms with Crippen LogP contribution in [0.5, 0.6) is 0 Å². The van der Waals surface area contributed by atoms with Crippen LogP contribution >= 0.6 is 27.7 Å². The Bertz CT molecular complexity index is 478. The summed E-state index contributed by atoms with van der Waals surface area (Å²) in [6.45, 7) is 1.90. The smallest absolute Gasteiger partial charge is 0.256 e. The summed E-state index contributed by atoms with van der Waals surface area (Å²) in [5.41, 5.74) is 8.64. The van der Waals surface area contributed by atoms with E-state index >= 15 is 0 Å². The van der Waals surface area contributed by atoms with Crippen LogP contribution in [0.15, 0.2) is 38.6 Å². The first-order valence-electron chi connectivity index (χ1n) is 4.74. The Labute approximate surface area is 107 Å². The van der Waals surface area contributed by atoms with Crippen molar-refractivity contribution in [3.05, 3.63) is 40.2 Å². The molecule has 0 fully saturated rings. The minimum atomic E-state index is 0.674. The van der Waals surface area contributed by atoms with Crippen LogP contribution in [0.4, 0.5) is 5.69 Å². The Kier molecular flexibility index (Phi) is 3.56. The molecule has 1 aromatic carbocycles. The van der Waals surface area contributed by atoms with Crippen LogP contribution in [0.2, 0.25) is 0 Å². The molecule has 1 aromatic heterocycles. The zero-order chi connectivity index (χ0) is 11.5. The lowest BCUT2D eigenvalue weighted by Gasteiger charge is -2.05. The van der Waals surface area contributed by atoms with Crippen LogP contribution in [-0.2, 0) is 5.75 Å². The van der Waals surface area contributed by atoms with Gasteiger partial charge in [0.1, 0.15) is 6.26 Å². The summed E-state index contributed by atoms with van der Waals surface area (Å²) in [4.78, 5) is 4.23. The molecule has 0 radical (unpaired) electrons. The van der Waals surface area contributed by atoms with Gasteiger partial charge in [-0.2, -0.15) is 0 Å². The van der Waals surface area contributed by atoms with Gasteiger partial charge in [-0.1, -0.05) is 33.8 Å². The first kappa shape index (κ1) is 11.5. The molecule has 2 N–H and O–H groups in total. The summed E-state index contributed by atoms with van der Waals surface area (Å²) in [5.74, 6) is 0.743. The summed E-state index contributed by atoms with van der Waals surface area (Å²) in [6.07, 6.45) is 1.64.